The quantitative estimate of drug-likeness (QED) is 0.826. The van der Waals surface area contributed by atoms with E-state index in [1.54, 1.807) is 11.1 Å². The van der Waals surface area contributed by atoms with Crippen molar-refractivity contribution in [2.45, 2.75) is 13.8 Å². The fraction of sp³-hybridized carbons (Fsp3) is 0.450. The monoisotopic (exact) mass is 385 g/mol. The maximum Gasteiger partial charge on any atom is 0.321 e. The summed E-state index contributed by atoms with van der Waals surface area (Å²) in [4.78, 5) is 34.7. The zero-order valence-corrected chi connectivity index (χ0v) is 16.4. The molecule has 1 N–H and O–H groups in total. The van der Waals surface area contributed by atoms with Crippen molar-refractivity contribution >= 4 is 17.6 Å². The minimum absolute atomic E-state index is 0.140. The van der Waals surface area contributed by atoms with Gasteiger partial charge in [-0.1, -0.05) is 6.07 Å². The number of aromatic nitrogens is 1. The minimum atomic E-state index is -0.140. The Balaban J connectivity index is 1.50. The Morgan fingerprint density at radius 2 is 1.93 bits per heavy atom. The van der Waals surface area contributed by atoms with Crippen molar-refractivity contribution in [3.63, 3.8) is 0 Å². The molecule has 8 nitrogen and oxygen atoms in total. The highest BCUT2D eigenvalue weighted by molar-refractivity contribution is 5.90. The van der Waals surface area contributed by atoms with Crippen LogP contribution in [0.5, 0.6) is 0 Å². The number of carbonyl (C=O) groups excluding carboxylic acids is 2. The van der Waals surface area contributed by atoms with Crippen LogP contribution in [0.3, 0.4) is 0 Å². The molecule has 1 aromatic heterocycles. The lowest BCUT2D eigenvalue weighted by Crippen LogP contribution is -2.52. The maximum atomic E-state index is 12.6. The minimum Gasteiger partial charge on any atom is -0.445 e. The lowest BCUT2D eigenvalue weighted by molar-refractivity contribution is -0.132. The Bertz CT molecular complexity index is 781. The standard InChI is InChI=1S/C20H27N5O3/c1-3-24(4-2)18(26)15-23-9-11-25(12-10-23)20(27)22-17-7-5-6-16(14-17)19-21-8-13-28-19/h5-8,13-14H,3-4,9-12,15H2,1-2H3,(H,22,27). The number of benzene rings is 1. The zero-order valence-electron chi connectivity index (χ0n) is 16.4. The van der Waals surface area contributed by atoms with E-state index in [1.165, 1.54) is 6.26 Å². The third-order valence-corrected chi connectivity index (χ3v) is 4.93. The van der Waals surface area contributed by atoms with Gasteiger partial charge >= 0.3 is 6.03 Å². The van der Waals surface area contributed by atoms with Gasteiger partial charge in [0.1, 0.15) is 6.26 Å². The molecule has 28 heavy (non-hydrogen) atoms. The third kappa shape index (κ3) is 4.89. The topological polar surface area (TPSA) is 81.9 Å². The van der Waals surface area contributed by atoms with Gasteiger partial charge in [-0.2, -0.15) is 0 Å². The number of rotatable bonds is 6. The van der Waals surface area contributed by atoms with Gasteiger partial charge < -0.3 is 19.5 Å². The van der Waals surface area contributed by atoms with Gasteiger partial charge in [0.2, 0.25) is 11.8 Å². The third-order valence-electron chi connectivity index (χ3n) is 4.93. The first-order chi connectivity index (χ1) is 13.6. The predicted molar refractivity (Wildman–Crippen MR) is 107 cm³/mol. The number of urea groups is 1. The van der Waals surface area contributed by atoms with Crippen molar-refractivity contribution in [1.82, 2.24) is 19.7 Å². The Kier molecular flexibility index (Phi) is 6.65. The van der Waals surface area contributed by atoms with Crippen molar-refractivity contribution in [3.8, 4) is 11.5 Å². The van der Waals surface area contributed by atoms with Gasteiger partial charge in [0.05, 0.1) is 12.7 Å². The first-order valence-corrected chi connectivity index (χ1v) is 9.66. The summed E-state index contributed by atoms with van der Waals surface area (Å²) in [5, 5.41) is 2.93. The average Bonchev–Trinajstić information content (AvgIpc) is 3.24. The summed E-state index contributed by atoms with van der Waals surface area (Å²) >= 11 is 0. The fourth-order valence-corrected chi connectivity index (χ4v) is 3.28. The van der Waals surface area contributed by atoms with Crippen molar-refractivity contribution in [1.29, 1.82) is 0 Å². The summed E-state index contributed by atoms with van der Waals surface area (Å²) in [6.45, 7) is 8.41. The second-order valence-electron chi connectivity index (χ2n) is 6.68. The van der Waals surface area contributed by atoms with Crippen molar-refractivity contribution in [2.75, 3.05) is 51.1 Å². The molecular weight excluding hydrogens is 358 g/mol. The highest BCUT2D eigenvalue weighted by Gasteiger charge is 2.23. The number of anilines is 1. The molecule has 3 rings (SSSR count). The highest BCUT2D eigenvalue weighted by atomic mass is 16.3. The summed E-state index contributed by atoms with van der Waals surface area (Å²) in [6.07, 6.45) is 3.11. The largest absolute Gasteiger partial charge is 0.445 e. The first kappa shape index (κ1) is 19.9. The van der Waals surface area contributed by atoms with Crippen molar-refractivity contribution < 1.29 is 14.0 Å². The van der Waals surface area contributed by atoms with E-state index in [2.05, 4.69) is 15.2 Å². The number of carbonyl (C=O) groups is 2. The molecule has 3 amide bonds. The van der Waals surface area contributed by atoms with E-state index in [1.807, 2.05) is 43.0 Å². The molecule has 1 saturated heterocycles. The molecule has 1 aromatic carbocycles. The van der Waals surface area contributed by atoms with Crippen LogP contribution in [0.25, 0.3) is 11.5 Å². The summed E-state index contributed by atoms with van der Waals surface area (Å²) in [5.74, 6) is 0.661. The Morgan fingerprint density at radius 1 is 1.18 bits per heavy atom. The van der Waals surface area contributed by atoms with Crippen LogP contribution >= 0.6 is 0 Å². The SMILES string of the molecule is CCN(CC)C(=O)CN1CCN(C(=O)Nc2cccc(-c3ncco3)c2)CC1. The molecule has 0 atom stereocenters. The molecular formula is C20H27N5O3. The predicted octanol–water partition coefficient (Wildman–Crippen LogP) is 2.36. The Hall–Kier alpha value is -2.87. The van der Waals surface area contributed by atoms with Crippen LogP contribution in [0, 0.1) is 0 Å². The van der Waals surface area contributed by atoms with Crippen LogP contribution in [0.2, 0.25) is 0 Å². The van der Waals surface area contributed by atoms with Crippen LogP contribution in [-0.2, 0) is 4.79 Å². The number of likely N-dealkylation sites (N-methyl/N-ethyl adjacent to an activating group) is 1. The molecule has 0 saturated carbocycles. The molecule has 2 heterocycles. The Labute approximate surface area is 165 Å². The number of amides is 3. The normalized spacial score (nSPS) is 14.7. The van der Waals surface area contributed by atoms with Gasteiger partial charge in [0.15, 0.2) is 0 Å². The van der Waals surface area contributed by atoms with Crippen LogP contribution in [0.15, 0.2) is 41.1 Å². The summed E-state index contributed by atoms with van der Waals surface area (Å²) in [6, 6.07) is 7.27. The summed E-state index contributed by atoms with van der Waals surface area (Å²) in [5.41, 5.74) is 1.50. The highest BCUT2D eigenvalue weighted by Crippen LogP contribution is 2.21. The number of oxazole rings is 1. The zero-order chi connectivity index (χ0) is 19.9. The van der Waals surface area contributed by atoms with E-state index in [4.69, 9.17) is 4.42 Å². The van der Waals surface area contributed by atoms with Crippen LogP contribution in [0.4, 0.5) is 10.5 Å². The molecule has 1 fully saturated rings. The number of nitrogens with zero attached hydrogens (tertiary/aromatic N) is 4. The van der Waals surface area contributed by atoms with Gasteiger partial charge in [-0.15, -0.1) is 0 Å². The van der Waals surface area contributed by atoms with Crippen LogP contribution in [-0.4, -0.2) is 77.4 Å². The van der Waals surface area contributed by atoms with E-state index < -0.39 is 0 Å². The molecule has 0 radical (unpaired) electrons. The number of hydrogen-bond donors (Lipinski definition) is 1. The fourth-order valence-electron chi connectivity index (χ4n) is 3.28. The van der Waals surface area contributed by atoms with Gasteiger partial charge in [-0.05, 0) is 32.0 Å². The number of nitrogens with one attached hydrogen (secondary N) is 1. The smallest absolute Gasteiger partial charge is 0.321 e. The summed E-state index contributed by atoms with van der Waals surface area (Å²) < 4.78 is 5.30. The van der Waals surface area contributed by atoms with Crippen molar-refractivity contribution in [2.24, 2.45) is 0 Å². The summed E-state index contributed by atoms with van der Waals surface area (Å²) in [7, 11) is 0. The molecule has 150 valence electrons. The molecule has 8 heteroatoms. The van der Waals surface area contributed by atoms with E-state index in [0.29, 0.717) is 44.3 Å². The lowest BCUT2D eigenvalue weighted by Gasteiger charge is -2.35. The van der Waals surface area contributed by atoms with E-state index in [9.17, 15) is 9.59 Å². The molecule has 0 unspecified atom stereocenters. The van der Waals surface area contributed by atoms with E-state index in [-0.39, 0.29) is 11.9 Å². The van der Waals surface area contributed by atoms with Gasteiger partial charge in [-0.25, -0.2) is 9.78 Å². The molecule has 2 aromatic rings. The van der Waals surface area contributed by atoms with E-state index >= 15 is 0 Å². The molecule has 0 bridgehead atoms. The lowest BCUT2D eigenvalue weighted by atomic mass is 10.2. The number of piperazine rings is 1. The first-order valence-electron chi connectivity index (χ1n) is 9.66. The second-order valence-corrected chi connectivity index (χ2v) is 6.68. The van der Waals surface area contributed by atoms with Gasteiger partial charge in [0.25, 0.3) is 0 Å². The molecule has 0 spiro atoms. The second kappa shape index (κ2) is 9.36. The molecule has 1 aliphatic heterocycles. The molecule has 1 aliphatic rings. The van der Waals surface area contributed by atoms with Crippen LogP contribution in [0.1, 0.15) is 13.8 Å². The molecule has 0 aliphatic carbocycles. The average molecular weight is 385 g/mol. The van der Waals surface area contributed by atoms with Gasteiger partial charge in [0, 0.05) is 50.5 Å². The maximum absolute atomic E-state index is 12.6. The van der Waals surface area contributed by atoms with Crippen LogP contribution < -0.4 is 5.32 Å². The number of hydrogen-bond acceptors (Lipinski definition) is 5. The van der Waals surface area contributed by atoms with E-state index in [0.717, 1.165) is 18.7 Å². The van der Waals surface area contributed by atoms with Gasteiger partial charge in [-0.3, -0.25) is 9.69 Å². The Morgan fingerprint density at radius 3 is 2.57 bits per heavy atom. The van der Waals surface area contributed by atoms with Crippen molar-refractivity contribution in [3.05, 3.63) is 36.7 Å².